The van der Waals surface area contributed by atoms with Gasteiger partial charge in [0.25, 0.3) is 5.91 Å². The van der Waals surface area contributed by atoms with Gasteiger partial charge < -0.3 is 19.9 Å². The van der Waals surface area contributed by atoms with Crippen LogP contribution in [0.5, 0.6) is 0 Å². The topological polar surface area (TPSA) is 74.4 Å². The van der Waals surface area contributed by atoms with Crippen molar-refractivity contribution >= 4 is 46.6 Å². The monoisotopic (exact) mass is 421 g/mol. The number of benzene rings is 1. The van der Waals surface area contributed by atoms with Gasteiger partial charge in [-0.05, 0) is 44.5 Å². The van der Waals surface area contributed by atoms with Crippen molar-refractivity contribution in [2.24, 2.45) is 0 Å². The quantitative estimate of drug-likeness (QED) is 0.705. The van der Waals surface area contributed by atoms with Gasteiger partial charge in [-0.25, -0.2) is 4.79 Å². The average molecular weight is 422 g/mol. The number of amides is 1. The van der Waals surface area contributed by atoms with Crippen LogP contribution in [0.25, 0.3) is 0 Å². The van der Waals surface area contributed by atoms with Crippen molar-refractivity contribution in [1.82, 2.24) is 4.98 Å². The molecule has 6 nitrogen and oxygen atoms in total. The molecule has 0 unspecified atom stereocenters. The molecule has 28 heavy (non-hydrogen) atoms. The lowest BCUT2D eigenvalue weighted by atomic mass is 10.1. The van der Waals surface area contributed by atoms with Crippen molar-refractivity contribution < 1.29 is 14.3 Å². The summed E-state index contributed by atoms with van der Waals surface area (Å²) < 4.78 is 5.07. The summed E-state index contributed by atoms with van der Waals surface area (Å²) in [5.41, 5.74) is 3.52. The summed E-state index contributed by atoms with van der Waals surface area (Å²) >= 11 is 8.40. The molecule has 1 aromatic heterocycles. The Bertz CT molecular complexity index is 891. The number of carbonyl (C=O) groups is 2. The highest BCUT2D eigenvalue weighted by atomic mass is 35.5. The maximum Gasteiger partial charge on any atom is 0.340 e. The molecule has 1 saturated heterocycles. The minimum absolute atomic E-state index is 0.283. The average Bonchev–Trinajstić information content (AvgIpc) is 2.97. The predicted octanol–water partition coefficient (Wildman–Crippen LogP) is 4.27. The van der Waals surface area contributed by atoms with E-state index in [-0.39, 0.29) is 12.5 Å². The molecule has 8 heteroatoms. The van der Waals surface area contributed by atoms with Crippen molar-refractivity contribution in [1.29, 1.82) is 0 Å². The van der Waals surface area contributed by atoms with Gasteiger partial charge in [0.15, 0.2) is 0 Å². The highest BCUT2D eigenvalue weighted by Gasteiger charge is 2.23. The molecule has 0 atom stereocenters. The molecule has 1 aromatic carbocycles. The van der Waals surface area contributed by atoms with Crippen LogP contribution < -0.4 is 10.2 Å². The number of ether oxygens (including phenoxy) is 1. The summed E-state index contributed by atoms with van der Waals surface area (Å²) in [6.45, 7) is 7.44. The number of nitrogens with one attached hydrogen (secondary N) is 2. The molecule has 0 aliphatic carbocycles. The van der Waals surface area contributed by atoms with E-state index >= 15 is 0 Å². The van der Waals surface area contributed by atoms with E-state index in [2.05, 4.69) is 15.2 Å². The Hall–Kier alpha value is -2.12. The Balaban J connectivity index is 1.77. The van der Waals surface area contributed by atoms with Gasteiger partial charge in [0.05, 0.1) is 22.9 Å². The van der Waals surface area contributed by atoms with Crippen LogP contribution in [0.4, 0.5) is 11.4 Å². The number of nitrogens with zero attached hydrogens (tertiary/aromatic N) is 1. The molecular weight excluding hydrogens is 398 g/mol. The van der Waals surface area contributed by atoms with E-state index in [0.29, 0.717) is 33.2 Å². The largest absolute Gasteiger partial charge is 0.462 e. The summed E-state index contributed by atoms with van der Waals surface area (Å²) in [6.07, 6.45) is 0. The third-order valence-corrected chi connectivity index (χ3v) is 5.95. The standard InChI is InChI=1S/C20H24ClN3O3S/c1-4-27-20(26)17-12(2)18(22-13(17)3)19(25)23-14-5-6-16(15(21)11-14)24-7-9-28-10-8-24/h5-6,11,22H,4,7-10H2,1-3H3,(H,23,25). The minimum Gasteiger partial charge on any atom is -0.462 e. The smallest absolute Gasteiger partial charge is 0.340 e. The molecule has 2 heterocycles. The number of rotatable bonds is 5. The van der Waals surface area contributed by atoms with Gasteiger partial charge in [-0.1, -0.05) is 11.6 Å². The molecule has 1 amide bonds. The number of hydrogen-bond donors (Lipinski definition) is 2. The van der Waals surface area contributed by atoms with Crippen LogP contribution in [-0.4, -0.2) is 48.1 Å². The van der Waals surface area contributed by atoms with Gasteiger partial charge in [0, 0.05) is 36.0 Å². The number of anilines is 2. The van der Waals surface area contributed by atoms with Gasteiger partial charge in [0.2, 0.25) is 0 Å². The Kier molecular flexibility index (Phi) is 6.57. The minimum atomic E-state index is -0.431. The van der Waals surface area contributed by atoms with Crippen LogP contribution in [0.15, 0.2) is 18.2 Å². The lowest BCUT2D eigenvalue weighted by Gasteiger charge is -2.29. The number of carbonyl (C=O) groups excluding carboxylic acids is 2. The third-order valence-electron chi connectivity index (χ3n) is 4.70. The van der Waals surface area contributed by atoms with E-state index in [0.717, 1.165) is 30.3 Å². The summed E-state index contributed by atoms with van der Waals surface area (Å²) in [5, 5.41) is 3.46. The number of H-pyrrole nitrogens is 1. The number of thioether (sulfide) groups is 1. The highest BCUT2D eigenvalue weighted by Crippen LogP contribution is 2.31. The summed E-state index contributed by atoms with van der Waals surface area (Å²) in [4.78, 5) is 30.1. The lowest BCUT2D eigenvalue weighted by molar-refractivity contribution is 0.0525. The van der Waals surface area contributed by atoms with Crippen LogP contribution in [0, 0.1) is 13.8 Å². The SMILES string of the molecule is CCOC(=O)c1c(C)[nH]c(C(=O)Nc2ccc(N3CCSCC3)c(Cl)c2)c1C. The number of hydrogen-bond acceptors (Lipinski definition) is 5. The van der Waals surface area contributed by atoms with E-state index in [1.165, 1.54) is 0 Å². The maximum absolute atomic E-state index is 12.7. The zero-order valence-electron chi connectivity index (χ0n) is 16.2. The Morgan fingerprint density at radius 1 is 1.29 bits per heavy atom. The van der Waals surface area contributed by atoms with Gasteiger partial charge >= 0.3 is 5.97 Å². The molecule has 2 aromatic rings. The van der Waals surface area contributed by atoms with Gasteiger partial charge in [-0.2, -0.15) is 11.8 Å². The van der Waals surface area contributed by atoms with Crippen molar-refractivity contribution in [3.05, 3.63) is 45.7 Å². The zero-order chi connectivity index (χ0) is 20.3. The molecular formula is C20H24ClN3O3S. The first kappa shape index (κ1) is 20.6. The van der Waals surface area contributed by atoms with Crippen molar-refractivity contribution in [3.8, 4) is 0 Å². The number of aromatic amines is 1. The van der Waals surface area contributed by atoms with Crippen molar-refractivity contribution in [2.75, 3.05) is 41.4 Å². The van der Waals surface area contributed by atoms with E-state index in [4.69, 9.17) is 16.3 Å². The fourth-order valence-electron chi connectivity index (χ4n) is 3.33. The van der Waals surface area contributed by atoms with Crippen LogP contribution in [0.1, 0.15) is 39.0 Å². The van der Waals surface area contributed by atoms with Crippen LogP contribution in [0.2, 0.25) is 5.02 Å². The Morgan fingerprint density at radius 2 is 2.00 bits per heavy atom. The highest BCUT2D eigenvalue weighted by molar-refractivity contribution is 7.99. The predicted molar refractivity (Wildman–Crippen MR) is 115 cm³/mol. The zero-order valence-corrected chi connectivity index (χ0v) is 17.8. The van der Waals surface area contributed by atoms with Crippen LogP contribution in [-0.2, 0) is 4.74 Å². The molecule has 1 aliphatic heterocycles. The molecule has 0 spiro atoms. The first-order valence-electron chi connectivity index (χ1n) is 9.22. The van der Waals surface area contributed by atoms with E-state index in [1.54, 1.807) is 26.8 Å². The van der Waals surface area contributed by atoms with Crippen molar-refractivity contribution in [2.45, 2.75) is 20.8 Å². The number of halogens is 1. The second kappa shape index (κ2) is 8.92. The van der Waals surface area contributed by atoms with Crippen LogP contribution >= 0.6 is 23.4 Å². The number of aryl methyl sites for hydroxylation is 1. The molecule has 1 aliphatic rings. The molecule has 150 valence electrons. The number of aromatic nitrogens is 1. The van der Waals surface area contributed by atoms with Crippen LogP contribution in [0.3, 0.4) is 0 Å². The molecule has 0 saturated carbocycles. The lowest BCUT2D eigenvalue weighted by Crippen LogP contribution is -2.32. The van der Waals surface area contributed by atoms with Crippen molar-refractivity contribution in [3.63, 3.8) is 0 Å². The number of esters is 1. The van der Waals surface area contributed by atoms with Gasteiger partial charge in [-0.15, -0.1) is 0 Å². The first-order chi connectivity index (χ1) is 13.4. The Labute approximate surface area is 174 Å². The molecule has 2 N–H and O–H groups in total. The Morgan fingerprint density at radius 3 is 2.64 bits per heavy atom. The summed E-state index contributed by atoms with van der Waals surface area (Å²) in [5.74, 6) is 1.42. The molecule has 3 rings (SSSR count). The molecule has 0 radical (unpaired) electrons. The second-order valence-electron chi connectivity index (χ2n) is 6.57. The second-order valence-corrected chi connectivity index (χ2v) is 8.20. The third kappa shape index (κ3) is 4.31. The van der Waals surface area contributed by atoms with Gasteiger partial charge in [0.1, 0.15) is 5.69 Å². The van der Waals surface area contributed by atoms with E-state index in [1.807, 2.05) is 23.9 Å². The fourth-order valence-corrected chi connectivity index (χ4v) is 4.53. The normalized spacial score (nSPS) is 14.1. The summed E-state index contributed by atoms with van der Waals surface area (Å²) in [7, 11) is 0. The molecule has 1 fully saturated rings. The first-order valence-corrected chi connectivity index (χ1v) is 10.8. The van der Waals surface area contributed by atoms with E-state index in [9.17, 15) is 9.59 Å². The molecule has 0 bridgehead atoms. The summed E-state index contributed by atoms with van der Waals surface area (Å²) in [6, 6.07) is 5.54. The van der Waals surface area contributed by atoms with E-state index < -0.39 is 5.97 Å². The maximum atomic E-state index is 12.7. The van der Waals surface area contributed by atoms with Gasteiger partial charge in [-0.3, -0.25) is 4.79 Å². The fraction of sp³-hybridized carbons (Fsp3) is 0.400.